The molecule has 0 N–H and O–H groups in total. The van der Waals surface area contributed by atoms with Gasteiger partial charge >= 0.3 is 0 Å². The second-order valence-corrected chi connectivity index (χ2v) is 7.59. The summed E-state index contributed by atoms with van der Waals surface area (Å²) < 4.78 is 5.58. The van der Waals surface area contributed by atoms with E-state index in [1.54, 1.807) is 0 Å². The Bertz CT molecular complexity index is 1390. The van der Waals surface area contributed by atoms with Crippen molar-refractivity contribution in [3.8, 4) is 28.7 Å². The van der Waals surface area contributed by atoms with E-state index in [-0.39, 0.29) is 0 Å². The fourth-order valence-electron chi connectivity index (χ4n) is 3.29. The first-order valence-electron chi connectivity index (χ1n) is 9.40. The maximum Gasteiger partial charge on any atom is 0.174 e. The van der Waals surface area contributed by atoms with Gasteiger partial charge < -0.3 is 4.52 Å². The summed E-state index contributed by atoms with van der Waals surface area (Å²) >= 11 is 1.47. The molecule has 0 fully saturated rings. The predicted molar refractivity (Wildman–Crippen MR) is 120 cm³/mol. The zero-order valence-corrected chi connectivity index (χ0v) is 16.6. The molecule has 5 rings (SSSR count). The number of nitriles is 1. The third-order valence-electron chi connectivity index (χ3n) is 4.77. The molecule has 5 aromatic rings. The van der Waals surface area contributed by atoms with Crippen LogP contribution < -0.4 is 0 Å². The Kier molecular flexibility index (Phi) is 4.68. The van der Waals surface area contributed by atoms with Gasteiger partial charge in [-0.25, -0.2) is 4.98 Å². The molecule has 0 unspecified atom stereocenters. The van der Waals surface area contributed by atoms with E-state index >= 15 is 0 Å². The molecule has 2 heterocycles. The van der Waals surface area contributed by atoms with Crippen LogP contribution in [0.1, 0.15) is 10.6 Å². The molecule has 2 aromatic heterocycles. The molecule has 142 valence electrons. The van der Waals surface area contributed by atoms with Crippen LogP contribution in [0.5, 0.6) is 0 Å². The van der Waals surface area contributed by atoms with E-state index in [0.29, 0.717) is 10.6 Å². The van der Waals surface area contributed by atoms with E-state index in [2.05, 4.69) is 16.2 Å². The molecule has 4 nitrogen and oxygen atoms in total. The van der Waals surface area contributed by atoms with Gasteiger partial charge in [0.25, 0.3) is 0 Å². The summed E-state index contributed by atoms with van der Waals surface area (Å²) in [4.78, 5) is 4.66. The Morgan fingerprint density at radius 1 is 0.933 bits per heavy atom. The summed E-state index contributed by atoms with van der Waals surface area (Å²) in [5.74, 6) is 0.722. The van der Waals surface area contributed by atoms with Crippen molar-refractivity contribution in [3.63, 3.8) is 0 Å². The van der Waals surface area contributed by atoms with Crippen molar-refractivity contribution in [2.45, 2.75) is 0 Å². The lowest BCUT2D eigenvalue weighted by Gasteiger charge is -1.99. The second-order valence-electron chi connectivity index (χ2n) is 6.73. The van der Waals surface area contributed by atoms with Crippen LogP contribution in [0, 0.1) is 11.3 Å². The monoisotopic (exact) mass is 405 g/mol. The van der Waals surface area contributed by atoms with Crippen molar-refractivity contribution >= 4 is 33.9 Å². The van der Waals surface area contributed by atoms with Gasteiger partial charge in [0, 0.05) is 16.5 Å². The Morgan fingerprint density at radius 2 is 1.67 bits per heavy atom. The van der Waals surface area contributed by atoms with Crippen molar-refractivity contribution in [1.82, 2.24) is 10.1 Å². The first kappa shape index (κ1) is 18.0. The van der Waals surface area contributed by atoms with E-state index in [4.69, 9.17) is 4.52 Å². The highest BCUT2D eigenvalue weighted by Gasteiger charge is 2.12. The average Bonchev–Trinajstić information content (AvgIpc) is 3.46. The van der Waals surface area contributed by atoms with Crippen molar-refractivity contribution in [2.24, 2.45) is 0 Å². The highest BCUT2D eigenvalue weighted by atomic mass is 32.1. The number of hydrogen-bond acceptors (Lipinski definition) is 5. The smallest absolute Gasteiger partial charge is 0.174 e. The SMILES string of the molecule is N#C/C(=C\c1ccc2noc(-c3ccccc3)c2c1)c1nc(-c2ccccc2)cs1. The predicted octanol–water partition coefficient (Wildman–Crippen LogP) is 6.68. The van der Waals surface area contributed by atoms with Gasteiger partial charge in [-0.05, 0) is 23.8 Å². The van der Waals surface area contributed by atoms with Crippen LogP contribution >= 0.6 is 11.3 Å². The van der Waals surface area contributed by atoms with Crippen LogP contribution in [-0.4, -0.2) is 10.1 Å². The first-order valence-corrected chi connectivity index (χ1v) is 10.3. The summed E-state index contributed by atoms with van der Waals surface area (Å²) in [6.07, 6.45) is 1.86. The summed E-state index contributed by atoms with van der Waals surface area (Å²) in [6, 6.07) is 28.0. The largest absolute Gasteiger partial charge is 0.355 e. The number of allylic oxidation sites excluding steroid dienone is 1. The topological polar surface area (TPSA) is 62.7 Å². The molecule has 0 radical (unpaired) electrons. The van der Waals surface area contributed by atoms with Crippen LogP contribution in [0.4, 0.5) is 0 Å². The lowest BCUT2D eigenvalue weighted by molar-refractivity contribution is 0.441. The number of hydrogen-bond donors (Lipinski definition) is 0. The molecule has 0 aliphatic carbocycles. The molecule has 0 aliphatic rings. The van der Waals surface area contributed by atoms with Crippen molar-refractivity contribution < 1.29 is 4.52 Å². The van der Waals surface area contributed by atoms with Gasteiger partial charge in [-0.1, -0.05) is 71.9 Å². The number of benzene rings is 3. The van der Waals surface area contributed by atoms with E-state index in [0.717, 1.165) is 39.0 Å². The van der Waals surface area contributed by atoms with Crippen LogP contribution in [0.2, 0.25) is 0 Å². The van der Waals surface area contributed by atoms with Gasteiger partial charge in [-0.15, -0.1) is 11.3 Å². The molecule has 0 aliphatic heterocycles. The highest BCUT2D eigenvalue weighted by Crippen LogP contribution is 2.31. The van der Waals surface area contributed by atoms with Gasteiger partial charge in [0.2, 0.25) is 0 Å². The van der Waals surface area contributed by atoms with E-state index in [1.807, 2.05) is 90.3 Å². The molecule has 5 heteroatoms. The standard InChI is InChI=1S/C25H15N3OS/c26-15-20(25-27-23(16-30-25)18-7-3-1-4-8-18)13-17-11-12-22-21(14-17)24(29-28-22)19-9-5-2-6-10-19/h1-14,16H/b20-13+. The average molecular weight is 405 g/mol. The van der Waals surface area contributed by atoms with Gasteiger partial charge in [0.05, 0.1) is 16.7 Å². The van der Waals surface area contributed by atoms with E-state index in [9.17, 15) is 5.26 Å². The Labute approximate surface area is 177 Å². The summed E-state index contributed by atoms with van der Waals surface area (Å²) in [5, 5.41) is 17.5. The molecule has 0 bridgehead atoms. The molecule has 30 heavy (non-hydrogen) atoms. The minimum absolute atomic E-state index is 0.527. The molecule has 0 amide bonds. The van der Waals surface area contributed by atoms with Gasteiger partial charge in [0.1, 0.15) is 16.6 Å². The van der Waals surface area contributed by atoms with Gasteiger partial charge in [0.15, 0.2) is 5.76 Å². The quantitative estimate of drug-likeness (QED) is 0.313. The van der Waals surface area contributed by atoms with Crippen LogP contribution in [0.15, 0.2) is 88.8 Å². The molecule has 3 aromatic carbocycles. The maximum absolute atomic E-state index is 9.74. The fourth-order valence-corrected chi connectivity index (χ4v) is 4.09. The zero-order valence-electron chi connectivity index (χ0n) is 15.8. The number of fused-ring (bicyclic) bond motifs is 1. The molecule has 0 saturated carbocycles. The molecule has 0 saturated heterocycles. The molecule has 0 atom stereocenters. The van der Waals surface area contributed by atoms with Gasteiger partial charge in [-0.3, -0.25) is 0 Å². The zero-order chi connectivity index (χ0) is 20.3. The third kappa shape index (κ3) is 3.41. The number of rotatable bonds is 4. The van der Waals surface area contributed by atoms with Crippen LogP contribution in [-0.2, 0) is 0 Å². The lowest BCUT2D eigenvalue weighted by Crippen LogP contribution is -1.83. The Hall–Kier alpha value is -4.01. The summed E-state index contributed by atoms with van der Waals surface area (Å²) in [5.41, 5.74) is 5.09. The number of nitrogens with zero attached hydrogens (tertiary/aromatic N) is 3. The maximum atomic E-state index is 9.74. The lowest BCUT2D eigenvalue weighted by atomic mass is 10.0. The Balaban J connectivity index is 1.53. The molecule has 0 spiro atoms. The van der Waals surface area contributed by atoms with Crippen LogP contribution in [0.3, 0.4) is 0 Å². The minimum atomic E-state index is 0.527. The summed E-state index contributed by atoms with van der Waals surface area (Å²) in [7, 11) is 0. The van der Waals surface area contributed by atoms with Gasteiger partial charge in [-0.2, -0.15) is 5.26 Å². The second kappa shape index (κ2) is 7.78. The van der Waals surface area contributed by atoms with Crippen molar-refractivity contribution in [2.75, 3.05) is 0 Å². The Morgan fingerprint density at radius 3 is 2.40 bits per heavy atom. The minimum Gasteiger partial charge on any atom is -0.355 e. The summed E-state index contributed by atoms with van der Waals surface area (Å²) in [6.45, 7) is 0. The molecular weight excluding hydrogens is 390 g/mol. The highest BCUT2D eigenvalue weighted by molar-refractivity contribution is 7.11. The van der Waals surface area contributed by atoms with E-state index in [1.165, 1.54) is 11.3 Å². The third-order valence-corrected chi connectivity index (χ3v) is 5.65. The van der Waals surface area contributed by atoms with Crippen LogP contribution in [0.25, 0.3) is 45.1 Å². The normalized spacial score (nSPS) is 11.5. The fraction of sp³-hybridized carbons (Fsp3) is 0. The first-order chi connectivity index (χ1) is 14.8. The van der Waals surface area contributed by atoms with Crippen molar-refractivity contribution in [1.29, 1.82) is 5.26 Å². The number of thiazole rings is 1. The van der Waals surface area contributed by atoms with E-state index < -0.39 is 0 Å². The van der Waals surface area contributed by atoms with Crippen molar-refractivity contribution in [3.05, 3.63) is 94.8 Å². The molecular formula is C25H15N3OS. The number of aromatic nitrogens is 2.